The van der Waals surface area contributed by atoms with Crippen molar-refractivity contribution < 1.29 is 23.9 Å². The average Bonchev–Trinajstić information content (AvgIpc) is 2.92. The lowest BCUT2D eigenvalue weighted by Gasteiger charge is -2.30. The Morgan fingerprint density at radius 2 is 1.32 bits per heavy atom. The Balaban J connectivity index is 1.86. The molecule has 0 aliphatic heterocycles. The molecule has 0 saturated carbocycles. The van der Waals surface area contributed by atoms with Gasteiger partial charge in [-0.05, 0) is 23.1 Å². The van der Waals surface area contributed by atoms with Crippen LogP contribution in [0.1, 0.15) is 23.1 Å². The summed E-state index contributed by atoms with van der Waals surface area (Å²) in [7, 11) is 0. The van der Waals surface area contributed by atoms with Gasteiger partial charge in [0.2, 0.25) is 17.7 Å². The molecule has 3 rings (SSSR count). The molecular formula is C29H32N4O5. The van der Waals surface area contributed by atoms with Gasteiger partial charge in [0, 0.05) is 13.0 Å². The number of nitrogens with one attached hydrogen (secondary N) is 1. The summed E-state index contributed by atoms with van der Waals surface area (Å²) in [5.74, 6) is -2.29. The first-order valence-corrected chi connectivity index (χ1v) is 12.3. The number of imide groups is 1. The summed E-state index contributed by atoms with van der Waals surface area (Å²) in [6.45, 7) is 0.158. The van der Waals surface area contributed by atoms with Crippen LogP contribution in [-0.2, 0) is 38.6 Å². The second-order valence-corrected chi connectivity index (χ2v) is 8.76. The van der Waals surface area contributed by atoms with Crippen LogP contribution in [0.5, 0.6) is 0 Å². The fourth-order valence-electron chi connectivity index (χ4n) is 3.87. The molecule has 0 aromatic heterocycles. The van der Waals surface area contributed by atoms with Crippen molar-refractivity contribution in [3.8, 4) is 0 Å². The van der Waals surface area contributed by atoms with Gasteiger partial charge in [-0.2, -0.15) is 0 Å². The number of primary amides is 1. The Morgan fingerprint density at radius 3 is 1.87 bits per heavy atom. The molecule has 5 N–H and O–H groups in total. The number of carbonyl (C=O) groups is 4. The first-order chi connectivity index (χ1) is 18.3. The Morgan fingerprint density at radius 1 is 0.789 bits per heavy atom. The van der Waals surface area contributed by atoms with Gasteiger partial charge in [0.15, 0.2) is 0 Å². The van der Waals surface area contributed by atoms with E-state index in [-0.39, 0.29) is 19.6 Å². The number of carbonyl (C=O) groups excluding carboxylic acids is 4. The van der Waals surface area contributed by atoms with Gasteiger partial charge in [-0.25, -0.2) is 9.69 Å². The zero-order valence-corrected chi connectivity index (χ0v) is 21.0. The molecule has 0 spiro atoms. The molecular weight excluding hydrogens is 484 g/mol. The lowest BCUT2D eigenvalue weighted by Crippen LogP contribution is -2.58. The Kier molecular flexibility index (Phi) is 10.6. The highest BCUT2D eigenvalue weighted by atomic mass is 16.6. The van der Waals surface area contributed by atoms with Crippen LogP contribution < -0.4 is 16.8 Å². The summed E-state index contributed by atoms with van der Waals surface area (Å²) in [6, 6.07) is 24.8. The first-order valence-electron chi connectivity index (χ1n) is 12.3. The van der Waals surface area contributed by atoms with Crippen molar-refractivity contribution >= 4 is 23.8 Å². The molecule has 9 nitrogen and oxygen atoms in total. The van der Waals surface area contributed by atoms with Crippen molar-refractivity contribution in [1.82, 2.24) is 10.2 Å². The van der Waals surface area contributed by atoms with Gasteiger partial charge >= 0.3 is 6.09 Å². The number of nitrogens with zero attached hydrogens (tertiary/aromatic N) is 1. The second kappa shape index (κ2) is 14.3. The molecule has 9 heteroatoms. The zero-order valence-electron chi connectivity index (χ0n) is 21.0. The van der Waals surface area contributed by atoms with Gasteiger partial charge in [0.25, 0.3) is 0 Å². The number of hydrogen-bond acceptors (Lipinski definition) is 6. The number of ether oxygens (including phenoxy) is 1. The fourth-order valence-corrected chi connectivity index (χ4v) is 3.87. The predicted molar refractivity (Wildman–Crippen MR) is 142 cm³/mol. The Bertz CT molecular complexity index is 1210. The Labute approximate surface area is 221 Å². The van der Waals surface area contributed by atoms with E-state index in [1.54, 1.807) is 48.5 Å². The van der Waals surface area contributed by atoms with Crippen LogP contribution >= 0.6 is 0 Å². The highest BCUT2D eigenvalue weighted by molar-refractivity contribution is 6.01. The summed E-state index contributed by atoms with van der Waals surface area (Å²) in [6.07, 6.45) is -0.960. The van der Waals surface area contributed by atoms with Gasteiger partial charge in [-0.3, -0.25) is 14.4 Å². The van der Waals surface area contributed by atoms with E-state index < -0.39 is 42.3 Å². The van der Waals surface area contributed by atoms with E-state index in [0.29, 0.717) is 22.4 Å². The molecule has 38 heavy (non-hydrogen) atoms. The lowest BCUT2D eigenvalue weighted by atomic mass is 10.0. The lowest BCUT2D eigenvalue weighted by molar-refractivity contribution is -0.140. The summed E-state index contributed by atoms with van der Waals surface area (Å²) in [5, 5.41) is 2.82. The molecule has 0 saturated heterocycles. The molecule has 2 atom stereocenters. The third-order valence-electron chi connectivity index (χ3n) is 5.82. The molecule has 0 fully saturated rings. The molecule has 3 aromatic carbocycles. The minimum absolute atomic E-state index is 0.0213. The number of benzene rings is 3. The van der Waals surface area contributed by atoms with Gasteiger partial charge in [-0.15, -0.1) is 0 Å². The third-order valence-corrected chi connectivity index (χ3v) is 5.82. The second-order valence-electron chi connectivity index (χ2n) is 8.76. The average molecular weight is 517 g/mol. The van der Waals surface area contributed by atoms with E-state index in [1.165, 1.54) is 0 Å². The smallest absolute Gasteiger partial charge is 0.417 e. The van der Waals surface area contributed by atoms with Gasteiger partial charge in [0.1, 0.15) is 12.6 Å². The molecule has 4 amide bonds. The van der Waals surface area contributed by atoms with Crippen molar-refractivity contribution in [1.29, 1.82) is 0 Å². The molecule has 0 aliphatic rings. The van der Waals surface area contributed by atoms with Crippen LogP contribution in [0.4, 0.5) is 4.79 Å². The maximum atomic E-state index is 13.5. The number of hydrogen-bond donors (Lipinski definition) is 3. The van der Waals surface area contributed by atoms with E-state index in [1.807, 2.05) is 42.5 Å². The molecule has 0 aliphatic carbocycles. The standard InChI is InChI=1S/C29H32N4O5/c30-24(19-26(31)34)28(36)33(29(37)38-20-23-14-8-3-9-15-23)25(18-22-12-6-2-7-13-22)27(35)32-17-16-21-10-4-1-5-11-21/h1-15,24-25H,16-20,30H2,(H2,31,34)(H,32,35)/t24-,25-/m0/s1. The summed E-state index contributed by atoms with van der Waals surface area (Å²) in [5.41, 5.74) is 13.6. The van der Waals surface area contributed by atoms with E-state index in [2.05, 4.69) is 5.32 Å². The largest absolute Gasteiger partial charge is 0.444 e. The van der Waals surface area contributed by atoms with Gasteiger partial charge in [0.05, 0.1) is 12.5 Å². The van der Waals surface area contributed by atoms with Crippen LogP contribution in [0.15, 0.2) is 91.0 Å². The van der Waals surface area contributed by atoms with Crippen molar-refractivity contribution in [2.45, 2.75) is 38.0 Å². The summed E-state index contributed by atoms with van der Waals surface area (Å²) < 4.78 is 5.42. The van der Waals surface area contributed by atoms with Crippen LogP contribution in [0, 0.1) is 0 Å². The minimum Gasteiger partial charge on any atom is -0.444 e. The van der Waals surface area contributed by atoms with Crippen molar-refractivity contribution in [2.24, 2.45) is 11.5 Å². The van der Waals surface area contributed by atoms with E-state index in [0.717, 1.165) is 5.56 Å². The van der Waals surface area contributed by atoms with Gasteiger partial charge < -0.3 is 21.5 Å². The van der Waals surface area contributed by atoms with Crippen molar-refractivity contribution in [3.63, 3.8) is 0 Å². The van der Waals surface area contributed by atoms with Crippen LogP contribution in [0.3, 0.4) is 0 Å². The maximum absolute atomic E-state index is 13.5. The first kappa shape index (κ1) is 28.1. The zero-order chi connectivity index (χ0) is 27.3. The number of amides is 4. The quantitative estimate of drug-likeness (QED) is 0.337. The topological polar surface area (TPSA) is 145 Å². The predicted octanol–water partition coefficient (Wildman–Crippen LogP) is 2.32. The maximum Gasteiger partial charge on any atom is 0.417 e. The van der Waals surface area contributed by atoms with E-state index in [9.17, 15) is 19.2 Å². The third kappa shape index (κ3) is 8.56. The van der Waals surface area contributed by atoms with Crippen LogP contribution in [0.25, 0.3) is 0 Å². The summed E-state index contributed by atoms with van der Waals surface area (Å²) >= 11 is 0. The van der Waals surface area contributed by atoms with E-state index in [4.69, 9.17) is 16.2 Å². The molecule has 0 heterocycles. The van der Waals surface area contributed by atoms with Crippen molar-refractivity contribution in [2.75, 3.05) is 6.54 Å². The molecule has 0 radical (unpaired) electrons. The van der Waals surface area contributed by atoms with Crippen LogP contribution in [-0.4, -0.2) is 47.3 Å². The molecule has 0 unspecified atom stereocenters. The monoisotopic (exact) mass is 516 g/mol. The van der Waals surface area contributed by atoms with Crippen LogP contribution in [0.2, 0.25) is 0 Å². The number of nitrogens with two attached hydrogens (primary N) is 2. The molecule has 198 valence electrons. The SMILES string of the molecule is NC(=O)C[C@H](N)C(=O)N(C(=O)OCc1ccccc1)[C@@H](Cc1ccccc1)C(=O)NCCc1ccccc1. The summed E-state index contributed by atoms with van der Waals surface area (Å²) in [4.78, 5) is 52.3. The number of rotatable bonds is 12. The van der Waals surface area contributed by atoms with Gasteiger partial charge in [-0.1, -0.05) is 91.0 Å². The van der Waals surface area contributed by atoms with Crippen molar-refractivity contribution in [3.05, 3.63) is 108 Å². The molecule has 0 bridgehead atoms. The minimum atomic E-state index is -1.42. The fraction of sp³-hybridized carbons (Fsp3) is 0.241. The van der Waals surface area contributed by atoms with E-state index >= 15 is 0 Å². The highest BCUT2D eigenvalue weighted by Crippen LogP contribution is 2.15. The Hall–Kier alpha value is -4.50. The highest BCUT2D eigenvalue weighted by Gasteiger charge is 2.38. The normalized spacial score (nSPS) is 12.1. The molecule has 3 aromatic rings.